The van der Waals surface area contributed by atoms with Crippen LogP contribution in [0.15, 0.2) is 0 Å². The van der Waals surface area contributed by atoms with Gasteiger partial charge in [-0.05, 0) is 24.7 Å². The van der Waals surface area contributed by atoms with Gasteiger partial charge >= 0.3 is 0 Å². The molecule has 0 amide bonds. The molecule has 3 nitrogen and oxygen atoms in total. The summed E-state index contributed by atoms with van der Waals surface area (Å²) in [5, 5.41) is 8.39. The highest BCUT2D eigenvalue weighted by molar-refractivity contribution is 5.11. The topological polar surface area (TPSA) is 30.7 Å². The molecule has 0 fully saturated rings. The minimum absolute atomic E-state index is 0.289. The highest BCUT2D eigenvalue weighted by Crippen LogP contribution is 2.21. The van der Waals surface area contributed by atoms with E-state index in [1.54, 1.807) is 0 Å². The van der Waals surface area contributed by atoms with Gasteiger partial charge in [-0.25, -0.2) is 0 Å². The molecule has 0 saturated carbocycles. The summed E-state index contributed by atoms with van der Waals surface area (Å²) in [6.45, 7) is 8.94. The van der Waals surface area contributed by atoms with E-state index in [2.05, 4.69) is 38.0 Å². The Morgan fingerprint density at radius 2 is 1.93 bits per heavy atom. The summed E-state index contributed by atoms with van der Waals surface area (Å²) in [4.78, 5) is 0. The molecule has 0 spiro atoms. The first-order valence-corrected chi connectivity index (χ1v) is 5.81. The van der Waals surface area contributed by atoms with Crippen molar-refractivity contribution >= 4 is 0 Å². The van der Waals surface area contributed by atoms with Crippen molar-refractivity contribution in [1.82, 2.24) is 15.0 Å². The summed E-state index contributed by atoms with van der Waals surface area (Å²) in [5.74, 6) is 0. The molecule has 0 saturated heterocycles. The van der Waals surface area contributed by atoms with Crippen LogP contribution in [-0.2, 0) is 19.9 Å². The van der Waals surface area contributed by atoms with Gasteiger partial charge in [-0.15, -0.1) is 5.10 Å². The molecule has 1 rings (SSSR count). The van der Waals surface area contributed by atoms with E-state index >= 15 is 0 Å². The molecule has 1 aromatic heterocycles. The fourth-order valence-corrected chi connectivity index (χ4v) is 1.71. The summed E-state index contributed by atoms with van der Waals surface area (Å²) >= 11 is 0. The highest BCUT2D eigenvalue weighted by atomic mass is 15.4. The summed E-state index contributed by atoms with van der Waals surface area (Å²) in [6.07, 6.45) is 4.56. The van der Waals surface area contributed by atoms with E-state index in [1.807, 2.05) is 11.7 Å². The molecule has 1 heterocycles. The van der Waals surface area contributed by atoms with Crippen LogP contribution in [0.4, 0.5) is 0 Å². The van der Waals surface area contributed by atoms with Crippen LogP contribution in [0.25, 0.3) is 0 Å². The molecule has 3 heteroatoms. The second kappa shape index (κ2) is 4.77. The molecular weight excluding hydrogens is 186 g/mol. The molecular formula is C12H23N3. The molecule has 0 unspecified atom stereocenters. The molecule has 0 bridgehead atoms. The van der Waals surface area contributed by atoms with Gasteiger partial charge in [0.1, 0.15) is 0 Å². The average Bonchev–Trinajstić information content (AvgIpc) is 2.42. The summed E-state index contributed by atoms with van der Waals surface area (Å²) in [5.41, 5.74) is 2.78. The zero-order valence-corrected chi connectivity index (χ0v) is 10.7. The van der Waals surface area contributed by atoms with Gasteiger partial charge in [-0.2, -0.15) is 0 Å². The Kier molecular flexibility index (Phi) is 3.89. The Balaban J connectivity index is 2.79. The maximum atomic E-state index is 4.27. The van der Waals surface area contributed by atoms with Crippen molar-refractivity contribution < 1.29 is 0 Å². The third-order valence-corrected chi connectivity index (χ3v) is 2.49. The van der Waals surface area contributed by atoms with Gasteiger partial charge in [0.25, 0.3) is 0 Å². The largest absolute Gasteiger partial charge is 0.252 e. The number of nitrogens with zero attached hydrogens (tertiary/aromatic N) is 3. The van der Waals surface area contributed by atoms with Crippen LogP contribution in [-0.4, -0.2) is 15.0 Å². The number of aryl methyl sites for hydroxylation is 1. The van der Waals surface area contributed by atoms with Crippen molar-refractivity contribution in [1.29, 1.82) is 0 Å². The molecule has 1 aromatic rings. The van der Waals surface area contributed by atoms with Crippen molar-refractivity contribution in [3.8, 4) is 0 Å². The predicted octanol–water partition coefficient (Wildman–Crippen LogP) is 2.75. The van der Waals surface area contributed by atoms with Gasteiger partial charge in [0.2, 0.25) is 0 Å². The second-order valence-electron chi connectivity index (χ2n) is 5.45. The van der Waals surface area contributed by atoms with Crippen LogP contribution in [0, 0.1) is 5.41 Å². The van der Waals surface area contributed by atoms with E-state index in [1.165, 1.54) is 24.2 Å². The standard InChI is InChI=1S/C12H23N3/c1-6-7-8-11-10(9-12(2,3)4)13-14-15(11)5/h6-9H2,1-5H3. The van der Waals surface area contributed by atoms with Crippen molar-refractivity contribution in [2.24, 2.45) is 12.5 Å². The van der Waals surface area contributed by atoms with E-state index in [0.717, 1.165) is 12.8 Å². The molecule has 0 N–H and O–H groups in total. The average molecular weight is 209 g/mol. The monoisotopic (exact) mass is 209 g/mol. The SMILES string of the molecule is CCCCc1c(CC(C)(C)C)nnn1C. The fourth-order valence-electron chi connectivity index (χ4n) is 1.71. The fraction of sp³-hybridized carbons (Fsp3) is 0.833. The second-order valence-corrected chi connectivity index (χ2v) is 5.45. The zero-order valence-electron chi connectivity index (χ0n) is 10.7. The first-order chi connectivity index (χ1) is 6.94. The van der Waals surface area contributed by atoms with Crippen molar-refractivity contribution in [3.63, 3.8) is 0 Å². The molecule has 86 valence electrons. The first kappa shape index (κ1) is 12.2. The lowest BCUT2D eigenvalue weighted by Gasteiger charge is -2.17. The Morgan fingerprint density at radius 1 is 1.27 bits per heavy atom. The Hall–Kier alpha value is -0.860. The number of aromatic nitrogens is 3. The Labute approximate surface area is 92.9 Å². The van der Waals surface area contributed by atoms with Crippen molar-refractivity contribution in [2.45, 2.75) is 53.4 Å². The van der Waals surface area contributed by atoms with Gasteiger partial charge in [0.15, 0.2) is 0 Å². The van der Waals surface area contributed by atoms with E-state index in [9.17, 15) is 0 Å². The van der Waals surface area contributed by atoms with Crippen molar-refractivity contribution in [2.75, 3.05) is 0 Å². The minimum Gasteiger partial charge on any atom is -0.252 e. The van der Waals surface area contributed by atoms with E-state index < -0.39 is 0 Å². The number of rotatable bonds is 4. The van der Waals surface area contributed by atoms with Gasteiger partial charge < -0.3 is 0 Å². The van der Waals surface area contributed by atoms with E-state index in [0.29, 0.717) is 0 Å². The highest BCUT2D eigenvalue weighted by Gasteiger charge is 2.17. The van der Waals surface area contributed by atoms with Crippen molar-refractivity contribution in [3.05, 3.63) is 11.4 Å². The van der Waals surface area contributed by atoms with E-state index in [4.69, 9.17) is 0 Å². The molecule has 0 radical (unpaired) electrons. The molecule has 0 aliphatic carbocycles. The molecule has 0 aliphatic heterocycles. The lowest BCUT2D eigenvalue weighted by molar-refractivity contribution is 0.404. The first-order valence-electron chi connectivity index (χ1n) is 5.81. The maximum Gasteiger partial charge on any atom is 0.0864 e. The van der Waals surface area contributed by atoms with Gasteiger partial charge in [-0.1, -0.05) is 39.3 Å². The Morgan fingerprint density at radius 3 is 2.47 bits per heavy atom. The van der Waals surface area contributed by atoms with Crippen LogP contribution in [0.3, 0.4) is 0 Å². The number of hydrogen-bond acceptors (Lipinski definition) is 2. The number of unbranched alkanes of at least 4 members (excludes halogenated alkanes) is 1. The summed E-state index contributed by atoms with van der Waals surface area (Å²) < 4.78 is 1.93. The quantitative estimate of drug-likeness (QED) is 0.763. The predicted molar refractivity (Wildman–Crippen MR) is 62.8 cm³/mol. The van der Waals surface area contributed by atoms with Crippen LogP contribution >= 0.6 is 0 Å². The third-order valence-electron chi connectivity index (χ3n) is 2.49. The maximum absolute atomic E-state index is 4.27. The molecule has 0 aliphatic rings. The normalized spacial score (nSPS) is 12.1. The van der Waals surface area contributed by atoms with E-state index in [-0.39, 0.29) is 5.41 Å². The summed E-state index contributed by atoms with van der Waals surface area (Å²) in [7, 11) is 1.99. The van der Waals surface area contributed by atoms with Gasteiger partial charge in [0, 0.05) is 7.05 Å². The molecule has 0 aromatic carbocycles. The van der Waals surface area contributed by atoms with Crippen LogP contribution in [0.1, 0.15) is 51.9 Å². The van der Waals surface area contributed by atoms with Gasteiger partial charge in [0.05, 0.1) is 11.4 Å². The lowest BCUT2D eigenvalue weighted by atomic mass is 9.89. The van der Waals surface area contributed by atoms with Crippen LogP contribution in [0.5, 0.6) is 0 Å². The Bertz CT molecular complexity index is 307. The van der Waals surface area contributed by atoms with Crippen LogP contribution in [0.2, 0.25) is 0 Å². The van der Waals surface area contributed by atoms with Crippen LogP contribution < -0.4 is 0 Å². The molecule has 0 atom stereocenters. The molecule has 15 heavy (non-hydrogen) atoms. The third kappa shape index (κ3) is 3.65. The zero-order chi connectivity index (χ0) is 11.5. The van der Waals surface area contributed by atoms with Gasteiger partial charge in [-0.3, -0.25) is 4.68 Å². The summed E-state index contributed by atoms with van der Waals surface area (Å²) in [6, 6.07) is 0. The smallest absolute Gasteiger partial charge is 0.0864 e. The minimum atomic E-state index is 0.289. The lowest BCUT2D eigenvalue weighted by Crippen LogP contribution is -2.12. The number of hydrogen-bond donors (Lipinski definition) is 0.